The molecule has 0 spiro atoms. The van der Waals surface area contributed by atoms with E-state index in [2.05, 4.69) is 42.5 Å². The third-order valence-electron chi connectivity index (χ3n) is 5.06. The van der Waals surface area contributed by atoms with Gasteiger partial charge in [-0.2, -0.15) is 0 Å². The van der Waals surface area contributed by atoms with Gasteiger partial charge in [0, 0.05) is 20.1 Å². The van der Waals surface area contributed by atoms with Crippen LogP contribution in [0, 0.1) is 0 Å². The Morgan fingerprint density at radius 1 is 0.909 bits per heavy atom. The second-order valence-corrected chi connectivity index (χ2v) is 10.5. The number of benzene rings is 4. The molecule has 4 nitrogen and oxygen atoms in total. The lowest BCUT2D eigenvalue weighted by molar-refractivity contribution is 0.0978. The Balaban J connectivity index is 1.42. The Morgan fingerprint density at radius 3 is 2.48 bits per heavy atom. The minimum absolute atomic E-state index is 0.207. The van der Waals surface area contributed by atoms with Crippen LogP contribution < -0.4 is 10.6 Å². The van der Waals surface area contributed by atoms with Crippen molar-refractivity contribution in [3.63, 3.8) is 0 Å². The normalized spacial score (nSPS) is 11.0. The first-order chi connectivity index (χ1) is 16.0. The van der Waals surface area contributed by atoms with Crippen molar-refractivity contribution in [3.05, 3.63) is 93.4 Å². The number of thiazole rings is 1. The van der Waals surface area contributed by atoms with Crippen molar-refractivity contribution in [2.24, 2.45) is 0 Å². The van der Waals surface area contributed by atoms with Crippen molar-refractivity contribution in [1.29, 1.82) is 0 Å². The van der Waals surface area contributed by atoms with Gasteiger partial charge in [-0.15, -0.1) is 11.3 Å². The summed E-state index contributed by atoms with van der Waals surface area (Å²) in [7, 11) is 0. The highest BCUT2D eigenvalue weighted by Gasteiger charge is 2.17. The summed E-state index contributed by atoms with van der Waals surface area (Å²) >= 11 is 14.3. The number of anilines is 1. The summed E-state index contributed by atoms with van der Waals surface area (Å²) in [5.74, 6) is -0.270. The van der Waals surface area contributed by atoms with Crippen LogP contribution in [0.3, 0.4) is 0 Å². The highest BCUT2D eigenvalue weighted by molar-refractivity contribution is 9.11. The summed E-state index contributed by atoms with van der Waals surface area (Å²) < 4.78 is 2.80. The second-order valence-electron chi connectivity index (χ2n) is 7.27. The number of nitrogens with zero attached hydrogens (tertiary/aromatic N) is 1. The molecule has 0 atom stereocenters. The highest BCUT2D eigenvalue weighted by Crippen LogP contribution is 2.40. The molecule has 8 heteroatoms. The van der Waals surface area contributed by atoms with Crippen molar-refractivity contribution in [1.82, 2.24) is 10.3 Å². The van der Waals surface area contributed by atoms with E-state index in [4.69, 9.17) is 17.2 Å². The molecule has 0 aliphatic rings. The maximum Gasteiger partial charge on any atom is 0.257 e. The molecule has 0 aliphatic carbocycles. The number of hydrogen-bond donors (Lipinski definition) is 2. The number of amides is 1. The minimum atomic E-state index is -0.270. The van der Waals surface area contributed by atoms with Crippen molar-refractivity contribution >= 4 is 93.1 Å². The molecule has 5 aromatic rings. The summed E-state index contributed by atoms with van der Waals surface area (Å²) in [6.45, 7) is 0. The van der Waals surface area contributed by atoms with Crippen LogP contribution in [0.4, 0.5) is 5.69 Å². The van der Waals surface area contributed by atoms with Gasteiger partial charge in [-0.3, -0.25) is 10.1 Å². The lowest BCUT2D eigenvalue weighted by Gasteiger charge is -2.15. The first-order valence-electron chi connectivity index (χ1n) is 9.94. The van der Waals surface area contributed by atoms with Crippen molar-refractivity contribution < 1.29 is 4.79 Å². The Hall–Kier alpha value is -2.65. The first-order valence-corrected chi connectivity index (χ1v) is 12.7. The van der Waals surface area contributed by atoms with Crippen LogP contribution in [-0.4, -0.2) is 16.0 Å². The van der Waals surface area contributed by atoms with Crippen LogP contribution in [0.15, 0.2) is 87.8 Å². The zero-order valence-electron chi connectivity index (χ0n) is 16.9. The van der Waals surface area contributed by atoms with Gasteiger partial charge in [-0.1, -0.05) is 58.4 Å². The number of fused-ring (bicyclic) bond motifs is 2. The number of halogens is 2. The number of para-hydroxylation sites is 1. The standard InChI is InChI=1S/C25H15Br2N3OS2/c26-17-12-18(24-28-20-7-3-4-8-21(20)33-24)22(19(27)13-17)29-25(32)30-23(31)16-10-9-14-5-1-2-6-15(14)11-16/h1-13H,(H2,29,30,31,32). The minimum Gasteiger partial charge on any atom is -0.331 e. The SMILES string of the molecule is O=C(NC(=S)Nc1c(Br)cc(Br)cc1-c1nc2ccccc2s1)c1ccc2ccccc2c1. The average Bonchev–Trinajstić information content (AvgIpc) is 3.24. The molecule has 0 saturated heterocycles. The molecule has 0 radical (unpaired) electrons. The maximum absolute atomic E-state index is 12.8. The largest absolute Gasteiger partial charge is 0.331 e. The topological polar surface area (TPSA) is 54.0 Å². The smallest absolute Gasteiger partial charge is 0.257 e. The monoisotopic (exact) mass is 595 g/mol. The van der Waals surface area contributed by atoms with Gasteiger partial charge >= 0.3 is 0 Å². The number of carbonyl (C=O) groups excluding carboxylic acids is 1. The summed E-state index contributed by atoms with van der Waals surface area (Å²) in [5, 5.41) is 9.11. The lowest BCUT2D eigenvalue weighted by Crippen LogP contribution is -2.34. The number of aromatic nitrogens is 1. The molecule has 1 heterocycles. The number of hydrogen-bond acceptors (Lipinski definition) is 4. The number of carbonyl (C=O) groups is 1. The Kier molecular flexibility index (Phi) is 6.25. The number of nitrogens with one attached hydrogen (secondary N) is 2. The molecule has 2 N–H and O–H groups in total. The fraction of sp³-hybridized carbons (Fsp3) is 0. The van der Waals surface area contributed by atoms with Gasteiger partial charge in [-0.25, -0.2) is 4.98 Å². The number of thiocarbonyl (C=S) groups is 1. The Labute approximate surface area is 216 Å². The highest BCUT2D eigenvalue weighted by atomic mass is 79.9. The molecule has 0 bridgehead atoms. The van der Waals surface area contributed by atoms with E-state index < -0.39 is 0 Å². The molecular formula is C25H15Br2N3OS2. The molecule has 1 aromatic heterocycles. The van der Waals surface area contributed by atoms with Crippen LogP contribution >= 0.6 is 55.4 Å². The zero-order valence-corrected chi connectivity index (χ0v) is 21.7. The first kappa shape index (κ1) is 22.2. The zero-order chi connectivity index (χ0) is 22.9. The number of rotatable bonds is 3. The van der Waals surface area contributed by atoms with Crippen LogP contribution in [0.1, 0.15) is 10.4 Å². The Morgan fingerprint density at radius 2 is 1.67 bits per heavy atom. The second kappa shape index (κ2) is 9.30. The molecular weight excluding hydrogens is 582 g/mol. The molecule has 162 valence electrons. The predicted molar refractivity (Wildman–Crippen MR) is 148 cm³/mol. The van der Waals surface area contributed by atoms with Crippen molar-refractivity contribution in [2.45, 2.75) is 0 Å². The van der Waals surface area contributed by atoms with Crippen molar-refractivity contribution in [3.8, 4) is 10.6 Å². The summed E-state index contributed by atoms with van der Waals surface area (Å²) in [6.07, 6.45) is 0. The molecule has 1 amide bonds. The van der Waals surface area contributed by atoms with Gasteiger partial charge < -0.3 is 5.32 Å². The third kappa shape index (κ3) is 4.70. The summed E-state index contributed by atoms with van der Waals surface area (Å²) in [5.41, 5.74) is 3.09. The van der Waals surface area contributed by atoms with E-state index in [1.165, 1.54) is 0 Å². The van der Waals surface area contributed by atoms with Gasteiger partial charge in [-0.05, 0) is 75.3 Å². The fourth-order valence-corrected chi connectivity index (χ4v) is 6.01. The predicted octanol–water partition coefficient (Wildman–Crippen LogP) is 7.77. The van der Waals surface area contributed by atoms with E-state index in [-0.39, 0.29) is 11.0 Å². The van der Waals surface area contributed by atoms with Gasteiger partial charge in [0.25, 0.3) is 5.91 Å². The maximum atomic E-state index is 12.8. The average molecular weight is 597 g/mol. The van der Waals surface area contributed by atoms with Crippen LogP contribution in [-0.2, 0) is 0 Å². The van der Waals surface area contributed by atoms with Gasteiger partial charge in [0.15, 0.2) is 5.11 Å². The molecule has 0 unspecified atom stereocenters. The fourth-order valence-electron chi connectivity index (χ4n) is 3.51. The van der Waals surface area contributed by atoms with E-state index in [9.17, 15) is 4.79 Å². The quantitative estimate of drug-likeness (QED) is 0.209. The lowest BCUT2D eigenvalue weighted by atomic mass is 10.1. The molecule has 33 heavy (non-hydrogen) atoms. The van der Waals surface area contributed by atoms with E-state index in [0.717, 1.165) is 46.2 Å². The summed E-state index contributed by atoms with van der Waals surface area (Å²) in [6, 6.07) is 25.4. The molecule has 0 fully saturated rings. The van der Waals surface area contributed by atoms with Crippen LogP contribution in [0.5, 0.6) is 0 Å². The van der Waals surface area contributed by atoms with E-state index >= 15 is 0 Å². The molecule has 5 rings (SSSR count). The van der Waals surface area contributed by atoms with Gasteiger partial charge in [0.2, 0.25) is 0 Å². The molecule has 0 saturated carbocycles. The summed E-state index contributed by atoms with van der Waals surface area (Å²) in [4.78, 5) is 17.6. The van der Waals surface area contributed by atoms with E-state index in [1.807, 2.05) is 72.8 Å². The van der Waals surface area contributed by atoms with Gasteiger partial charge in [0.1, 0.15) is 5.01 Å². The van der Waals surface area contributed by atoms with Crippen LogP contribution in [0.2, 0.25) is 0 Å². The van der Waals surface area contributed by atoms with Crippen LogP contribution in [0.25, 0.3) is 31.6 Å². The third-order valence-corrected chi connectivity index (χ3v) is 7.41. The Bertz CT molecular complexity index is 1510. The molecule has 0 aliphatic heterocycles. The molecule has 4 aromatic carbocycles. The van der Waals surface area contributed by atoms with E-state index in [1.54, 1.807) is 17.4 Å². The van der Waals surface area contributed by atoms with Gasteiger partial charge in [0.05, 0.1) is 15.9 Å². The van der Waals surface area contributed by atoms with Crippen molar-refractivity contribution in [2.75, 3.05) is 5.32 Å². The van der Waals surface area contributed by atoms with E-state index in [0.29, 0.717) is 5.56 Å².